The maximum atomic E-state index is 13.4. The summed E-state index contributed by atoms with van der Waals surface area (Å²) in [5.41, 5.74) is 1.53. The number of nitrogens with zero attached hydrogens (tertiary/aromatic N) is 2. The predicted octanol–water partition coefficient (Wildman–Crippen LogP) is 4.53. The Morgan fingerprint density at radius 3 is 2.29 bits per heavy atom. The number of aliphatic hydroxyl groups excluding tert-OH is 1. The molecule has 1 atom stereocenters. The van der Waals surface area contributed by atoms with Gasteiger partial charge in [-0.15, -0.1) is 11.3 Å². The van der Waals surface area contributed by atoms with Gasteiger partial charge in [0, 0.05) is 10.4 Å². The molecule has 1 aliphatic rings. The molecule has 0 spiro atoms. The first-order valence-corrected chi connectivity index (χ1v) is 10.3. The highest BCUT2D eigenvalue weighted by Crippen LogP contribution is 2.43. The van der Waals surface area contributed by atoms with Crippen LogP contribution in [0.2, 0.25) is 0 Å². The number of ketones is 1. The highest BCUT2D eigenvalue weighted by molar-refractivity contribution is 7.16. The third-order valence-electron chi connectivity index (χ3n) is 5.22. The summed E-state index contributed by atoms with van der Waals surface area (Å²) < 4.78 is 18.6. The number of hydrogen-bond donors (Lipinski definition) is 1. The van der Waals surface area contributed by atoms with E-state index in [0.29, 0.717) is 16.4 Å². The first-order chi connectivity index (χ1) is 14.8. The molecule has 1 amide bonds. The number of thiazole rings is 1. The van der Waals surface area contributed by atoms with Crippen molar-refractivity contribution in [3.8, 4) is 5.75 Å². The maximum absolute atomic E-state index is 13.4. The molecule has 1 aromatic heterocycles. The minimum atomic E-state index is -0.888. The lowest BCUT2D eigenvalue weighted by atomic mass is 9.95. The first kappa shape index (κ1) is 20.7. The third-order valence-corrected chi connectivity index (χ3v) is 6.29. The summed E-state index contributed by atoms with van der Waals surface area (Å²) in [4.78, 5) is 32.8. The van der Waals surface area contributed by atoms with Gasteiger partial charge in [0.1, 0.15) is 17.3 Å². The summed E-state index contributed by atoms with van der Waals surface area (Å²) in [6.45, 7) is 3.71. The number of carbonyl (C=O) groups excluding carboxylic acids is 2. The number of halogens is 1. The fraction of sp³-hybridized carbons (Fsp3) is 0.174. The van der Waals surface area contributed by atoms with E-state index >= 15 is 0 Å². The number of anilines is 1. The Hall–Kier alpha value is -3.52. The highest BCUT2D eigenvalue weighted by Gasteiger charge is 2.48. The van der Waals surface area contributed by atoms with Crippen LogP contribution in [0.25, 0.3) is 5.76 Å². The van der Waals surface area contributed by atoms with Gasteiger partial charge >= 0.3 is 5.91 Å². The van der Waals surface area contributed by atoms with Gasteiger partial charge in [-0.05, 0) is 55.8 Å². The monoisotopic (exact) mass is 438 g/mol. The molecular weight excluding hydrogens is 419 g/mol. The highest BCUT2D eigenvalue weighted by atomic mass is 32.1. The van der Waals surface area contributed by atoms with E-state index in [0.717, 1.165) is 10.6 Å². The number of rotatable bonds is 4. The van der Waals surface area contributed by atoms with Crippen LogP contribution in [0.1, 0.15) is 27.7 Å². The number of methoxy groups -OCH3 is 1. The molecule has 1 fully saturated rings. The lowest BCUT2D eigenvalue weighted by Gasteiger charge is -2.23. The van der Waals surface area contributed by atoms with Gasteiger partial charge in [0.2, 0.25) is 0 Å². The van der Waals surface area contributed by atoms with Crippen molar-refractivity contribution in [3.05, 3.63) is 81.6 Å². The van der Waals surface area contributed by atoms with Crippen molar-refractivity contribution >= 4 is 33.9 Å². The van der Waals surface area contributed by atoms with Gasteiger partial charge in [-0.1, -0.05) is 12.1 Å². The molecule has 1 saturated heterocycles. The fourth-order valence-electron chi connectivity index (χ4n) is 3.45. The second kappa shape index (κ2) is 7.96. The molecule has 0 radical (unpaired) electrons. The summed E-state index contributed by atoms with van der Waals surface area (Å²) in [6, 6.07) is 11.1. The van der Waals surface area contributed by atoms with E-state index in [1.807, 2.05) is 13.8 Å². The zero-order chi connectivity index (χ0) is 22.3. The topological polar surface area (TPSA) is 79.7 Å². The number of carbonyl (C=O) groups is 2. The number of amides is 1. The van der Waals surface area contributed by atoms with Crippen LogP contribution in [-0.2, 0) is 9.59 Å². The molecule has 1 N–H and O–H groups in total. The standard InChI is InChI=1S/C23H19FN2O4S/c1-12-13(2)31-23(25-12)26-19(14-6-10-17(30-3)11-7-14)18(21(28)22(26)29)20(27)15-4-8-16(24)9-5-15/h4-11,19,27H,1-3H3. The molecule has 8 heteroatoms. The normalized spacial score (nSPS) is 17.9. The Balaban J connectivity index is 1.93. The van der Waals surface area contributed by atoms with Gasteiger partial charge < -0.3 is 9.84 Å². The molecule has 4 rings (SSSR count). The van der Waals surface area contributed by atoms with Crippen molar-refractivity contribution < 1.29 is 23.8 Å². The Bertz CT molecular complexity index is 1180. The Kier molecular flexibility index (Phi) is 5.32. The van der Waals surface area contributed by atoms with Crippen molar-refractivity contribution in [2.75, 3.05) is 12.0 Å². The second-order valence-corrected chi connectivity index (χ2v) is 8.27. The molecular formula is C23H19FN2O4S. The molecule has 3 aromatic rings. The first-order valence-electron chi connectivity index (χ1n) is 9.46. The van der Waals surface area contributed by atoms with Gasteiger partial charge in [-0.2, -0.15) is 0 Å². The van der Waals surface area contributed by atoms with E-state index in [1.54, 1.807) is 24.3 Å². The maximum Gasteiger partial charge on any atom is 0.301 e. The number of ether oxygens (including phenoxy) is 1. The zero-order valence-electron chi connectivity index (χ0n) is 17.0. The second-order valence-electron chi connectivity index (χ2n) is 7.09. The molecule has 158 valence electrons. The molecule has 1 aliphatic heterocycles. The average molecular weight is 438 g/mol. The van der Waals surface area contributed by atoms with Crippen LogP contribution >= 0.6 is 11.3 Å². The van der Waals surface area contributed by atoms with Gasteiger partial charge in [-0.3, -0.25) is 14.5 Å². The Labute approximate surface area is 182 Å². The van der Waals surface area contributed by atoms with Crippen LogP contribution < -0.4 is 9.64 Å². The van der Waals surface area contributed by atoms with Gasteiger partial charge in [0.05, 0.1) is 24.4 Å². The number of benzene rings is 2. The molecule has 2 aromatic carbocycles. The van der Waals surface area contributed by atoms with Crippen molar-refractivity contribution in [1.29, 1.82) is 0 Å². The smallest absolute Gasteiger partial charge is 0.301 e. The number of aryl methyl sites for hydroxylation is 2. The quantitative estimate of drug-likeness (QED) is 0.368. The van der Waals surface area contributed by atoms with Crippen molar-refractivity contribution in [2.24, 2.45) is 0 Å². The SMILES string of the molecule is COc1ccc(C2C(=C(O)c3ccc(F)cc3)C(=O)C(=O)N2c2nc(C)c(C)s2)cc1. The van der Waals surface area contributed by atoms with Crippen molar-refractivity contribution in [3.63, 3.8) is 0 Å². The van der Waals surface area contributed by atoms with Crippen molar-refractivity contribution in [1.82, 2.24) is 4.98 Å². The number of hydrogen-bond acceptors (Lipinski definition) is 6. The van der Waals surface area contributed by atoms with Crippen LogP contribution in [-0.4, -0.2) is 28.9 Å². The molecule has 2 heterocycles. The summed E-state index contributed by atoms with van der Waals surface area (Å²) in [5, 5.41) is 11.3. The van der Waals surface area contributed by atoms with E-state index < -0.39 is 23.5 Å². The summed E-state index contributed by atoms with van der Waals surface area (Å²) >= 11 is 1.30. The average Bonchev–Trinajstić information content (AvgIpc) is 3.23. The molecule has 0 saturated carbocycles. The summed E-state index contributed by atoms with van der Waals surface area (Å²) in [5.74, 6) is -1.84. The molecule has 6 nitrogen and oxygen atoms in total. The van der Waals surface area contributed by atoms with Crippen molar-refractivity contribution in [2.45, 2.75) is 19.9 Å². The number of aliphatic hydroxyl groups is 1. The molecule has 0 bridgehead atoms. The van der Waals surface area contributed by atoms with E-state index in [2.05, 4.69) is 4.98 Å². The fourth-order valence-corrected chi connectivity index (χ4v) is 4.39. The van der Waals surface area contributed by atoms with Crippen LogP contribution in [0.5, 0.6) is 5.75 Å². The number of aromatic nitrogens is 1. The van der Waals surface area contributed by atoms with Crippen LogP contribution in [0.4, 0.5) is 9.52 Å². The summed E-state index contributed by atoms with van der Waals surface area (Å²) in [7, 11) is 1.54. The lowest BCUT2D eigenvalue weighted by Crippen LogP contribution is -2.29. The Morgan fingerprint density at radius 2 is 1.74 bits per heavy atom. The Morgan fingerprint density at radius 1 is 1.10 bits per heavy atom. The number of Topliss-reactive ketones (excluding diaryl/α,β-unsaturated/α-hetero) is 1. The third kappa shape index (κ3) is 3.59. The zero-order valence-corrected chi connectivity index (χ0v) is 17.9. The summed E-state index contributed by atoms with van der Waals surface area (Å²) in [6.07, 6.45) is 0. The molecule has 31 heavy (non-hydrogen) atoms. The lowest BCUT2D eigenvalue weighted by molar-refractivity contribution is -0.132. The predicted molar refractivity (Wildman–Crippen MR) is 116 cm³/mol. The van der Waals surface area contributed by atoms with E-state index in [1.165, 1.54) is 47.6 Å². The van der Waals surface area contributed by atoms with E-state index in [9.17, 15) is 19.1 Å². The van der Waals surface area contributed by atoms with Gasteiger partial charge in [0.25, 0.3) is 5.78 Å². The van der Waals surface area contributed by atoms with Crippen LogP contribution in [0.15, 0.2) is 54.1 Å². The largest absolute Gasteiger partial charge is 0.507 e. The minimum absolute atomic E-state index is 0.0766. The van der Waals surface area contributed by atoms with Crippen LogP contribution in [0, 0.1) is 19.7 Å². The van der Waals surface area contributed by atoms with Gasteiger partial charge in [-0.25, -0.2) is 9.37 Å². The minimum Gasteiger partial charge on any atom is -0.507 e. The van der Waals surface area contributed by atoms with Crippen LogP contribution in [0.3, 0.4) is 0 Å². The molecule has 0 aliphatic carbocycles. The van der Waals surface area contributed by atoms with Gasteiger partial charge in [0.15, 0.2) is 5.13 Å². The van der Waals surface area contributed by atoms with E-state index in [-0.39, 0.29) is 16.9 Å². The molecule has 1 unspecified atom stereocenters. The van der Waals surface area contributed by atoms with E-state index in [4.69, 9.17) is 4.74 Å².